The Morgan fingerprint density at radius 1 is 1.10 bits per heavy atom. The van der Waals surface area contributed by atoms with E-state index in [9.17, 15) is 23.6 Å². The zero-order chi connectivity index (χ0) is 29.7. The van der Waals surface area contributed by atoms with Crippen molar-refractivity contribution in [2.24, 2.45) is 0 Å². The summed E-state index contributed by atoms with van der Waals surface area (Å²) in [6.07, 6.45) is 1.43. The van der Waals surface area contributed by atoms with Gasteiger partial charge < -0.3 is 14.6 Å². The number of nitrogens with zero attached hydrogens (tertiary/aromatic N) is 4. The van der Waals surface area contributed by atoms with Crippen LogP contribution in [0.4, 0.5) is 0 Å². The molecule has 10 nitrogen and oxygen atoms in total. The van der Waals surface area contributed by atoms with Gasteiger partial charge in [0.05, 0.1) is 35.3 Å². The van der Waals surface area contributed by atoms with E-state index in [0.29, 0.717) is 11.1 Å². The average Bonchev–Trinajstić information content (AvgIpc) is 2.95. The molecular formula is C30H30N4O6S. The molecule has 2 aromatic heterocycles. The second-order valence-electron chi connectivity index (χ2n) is 9.59. The first-order chi connectivity index (χ1) is 19.6. The topological polar surface area (TPSA) is 144 Å². The second kappa shape index (κ2) is 12.4. The van der Waals surface area contributed by atoms with Crippen LogP contribution in [0, 0.1) is 18.3 Å². The lowest BCUT2D eigenvalue weighted by atomic mass is 10.0. The van der Waals surface area contributed by atoms with E-state index in [-0.39, 0.29) is 30.0 Å². The van der Waals surface area contributed by atoms with Gasteiger partial charge in [0.1, 0.15) is 12.4 Å². The minimum atomic E-state index is -4.52. The van der Waals surface area contributed by atoms with Crippen molar-refractivity contribution in [1.29, 1.82) is 5.26 Å². The number of benzene rings is 2. The molecule has 4 rings (SSSR count). The standard InChI is InChI=1S/C30H30N4O6S/c1-19(2)40-18-27-33-29(35)28(30(36)34(27)26(17-39-4)23-8-5-7-21(15-23)16-31)41(37,38)24-12-10-22(11-13-24)25-9-6-14-32-20(25)3/h5-15,19,26,36H,17-18H2,1-4H3. The molecule has 41 heavy (non-hydrogen) atoms. The molecule has 2 aromatic carbocycles. The Labute approximate surface area is 238 Å². The van der Waals surface area contributed by atoms with Gasteiger partial charge in [0.25, 0.3) is 5.56 Å². The monoisotopic (exact) mass is 574 g/mol. The Morgan fingerprint density at radius 2 is 1.83 bits per heavy atom. The maximum absolute atomic E-state index is 13.8. The van der Waals surface area contributed by atoms with Crippen LogP contribution in [0.2, 0.25) is 0 Å². The maximum atomic E-state index is 13.8. The molecule has 212 valence electrons. The number of nitriles is 1. The van der Waals surface area contributed by atoms with E-state index in [1.165, 1.54) is 23.8 Å². The van der Waals surface area contributed by atoms with Crippen molar-refractivity contribution in [3.8, 4) is 23.1 Å². The summed E-state index contributed by atoms with van der Waals surface area (Å²) in [5.41, 5.74) is 2.13. The van der Waals surface area contributed by atoms with Crippen LogP contribution in [0.3, 0.4) is 0 Å². The predicted octanol–water partition coefficient (Wildman–Crippen LogP) is 4.18. The first kappa shape index (κ1) is 29.6. The van der Waals surface area contributed by atoms with Crippen molar-refractivity contribution < 1.29 is 23.0 Å². The maximum Gasteiger partial charge on any atom is 0.296 e. The first-order valence-corrected chi connectivity index (χ1v) is 14.3. The highest BCUT2D eigenvalue weighted by molar-refractivity contribution is 7.91. The molecule has 0 aliphatic heterocycles. The lowest BCUT2D eigenvalue weighted by Gasteiger charge is -2.26. The summed E-state index contributed by atoms with van der Waals surface area (Å²) in [4.78, 5) is 20.5. The van der Waals surface area contributed by atoms with Gasteiger partial charge in [0, 0.05) is 24.6 Å². The zero-order valence-corrected chi connectivity index (χ0v) is 23.9. The van der Waals surface area contributed by atoms with E-state index in [1.807, 2.05) is 13.0 Å². The highest BCUT2D eigenvalue weighted by Crippen LogP contribution is 2.33. The highest BCUT2D eigenvalue weighted by Gasteiger charge is 2.32. The number of pyridine rings is 1. The van der Waals surface area contributed by atoms with E-state index in [2.05, 4.69) is 16.0 Å². The molecule has 1 atom stereocenters. The number of methoxy groups -OCH3 is 1. The van der Waals surface area contributed by atoms with Crippen molar-refractivity contribution in [3.63, 3.8) is 0 Å². The lowest BCUT2D eigenvalue weighted by Crippen LogP contribution is -2.29. The summed E-state index contributed by atoms with van der Waals surface area (Å²) in [6, 6.07) is 17.5. The second-order valence-corrected chi connectivity index (χ2v) is 11.5. The van der Waals surface area contributed by atoms with Crippen molar-refractivity contribution in [3.05, 3.63) is 99.9 Å². The van der Waals surface area contributed by atoms with Gasteiger partial charge >= 0.3 is 0 Å². The molecular weight excluding hydrogens is 544 g/mol. The highest BCUT2D eigenvalue weighted by atomic mass is 32.2. The van der Waals surface area contributed by atoms with Crippen LogP contribution in [0.15, 0.2) is 81.4 Å². The molecule has 2 heterocycles. The SMILES string of the molecule is COCC(c1cccc(C#N)c1)n1c(COC(C)C)nc(=O)c(S(=O)(=O)c2ccc(-c3cccnc3C)cc2)c1O. The molecule has 0 amide bonds. The number of rotatable bonds is 10. The summed E-state index contributed by atoms with van der Waals surface area (Å²) < 4.78 is 39.9. The van der Waals surface area contributed by atoms with Gasteiger partial charge in [-0.15, -0.1) is 0 Å². The minimum absolute atomic E-state index is 0.00645. The molecule has 0 spiro atoms. The number of hydrogen-bond donors (Lipinski definition) is 1. The summed E-state index contributed by atoms with van der Waals surface area (Å²) >= 11 is 0. The molecule has 0 fully saturated rings. The van der Waals surface area contributed by atoms with Crippen molar-refractivity contribution in [1.82, 2.24) is 14.5 Å². The van der Waals surface area contributed by atoms with Crippen LogP contribution in [0.5, 0.6) is 5.88 Å². The number of aryl methyl sites for hydroxylation is 1. The van der Waals surface area contributed by atoms with Crippen LogP contribution >= 0.6 is 0 Å². The van der Waals surface area contributed by atoms with Crippen LogP contribution in [0.1, 0.15) is 42.5 Å². The Kier molecular flexibility index (Phi) is 8.98. The Hall–Kier alpha value is -4.37. The molecule has 11 heteroatoms. The Morgan fingerprint density at radius 3 is 2.46 bits per heavy atom. The van der Waals surface area contributed by atoms with Gasteiger partial charge in [0.15, 0.2) is 4.90 Å². The number of sulfone groups is 1. The molecule has 1 N–H and O–H groups in total. The van der Waals surface area contributed by atoms with E-state index >= 15 is 0 Å². The van der Waals surface area contributed by atoms with Gasteiger partial charge in [-0.05, 0) is 62.2 Å². The van der Waals surface area contributed by atoms with E-state index in [0.717, 1.165) is 16.8 Å². The molecule has 4 aromatic rings. The Bertz CT molecular complexity index is 1760. The van der Waals surface area contributed by atoms with E-state index in [4.69, 9.17) is 9.47 Å². The van der Waals surface area contributed by atoms with Gasteiger partial charge in [-0.2, -0.15) is 10.2 Å². The molecule has 0 saturated heterocycles. The number of aromatic nitrogens is 3. The number of aromatic hydroxyl groups is 1. The van der Waals surface area contributed by atoms with E-state index in [1.54, 1.807) is 62.5 Å². The third-order valence-electron chi connectivity index (χ3n) is 6.47. The molecule has 0 aliphatic rings. The van der Waals surface area contributed by atoms with Gasteiger partial charge in [-0.3, -0.25) is 14.3 Å². The Balaban J connectivity index is 1.90. The molecule has 1 unspecified atom stereocenters. The minimum Gasteiger partial charge on any atom is -0.493 e. The van der Waals surface area contributed by atoms with Crippen molar-refractivity contribution >= 4 is 9.84 Å². The van der Waals surface area contributed by atoms with Crippen molar-refractivity contribution in [2.75, 3.05) is 13.7 Å². The lowest BCUT2D eigenvalue weighted by molar-refractivity contribution is 0.0554. The van der Waals surface area contributed by atoms with E-state index < -0.39 is 32.2 Å². The summed E-state index contributed by atoms with van der Waals surface area (Å²) in [5.74, 6) is -0.795. The van der Waals surface area contributed by atoms with Gasteiger partial charge in [0.2, 0.25) is 15.7 Å². The van der Waals surface area contributed by atoms with Gasteiger partial charge in [-0.1, -0.05) is 30.3 Å². The largest absolute Gasteiger partial charge is 0.493 e. The average molecular weight is 575 g/mol. The third-order valence-corrected chi connectivity index (χ3v) is 8.26. The third kappa shape index (κ3) is 6.20. The quantitative estimate of drug-likeness (QED) is 0.295. The summed E-state index contributed by atoms with van der Waals surface area (Å²) in [7, 11) is -3.07. The fourth-order valence-electron chi connectivity index (χ4n) is 4.47. The van der Waals surface area contributed by atoms with Crippen LogP contribution in [-0.4, -0.2) is 47.9 Å². The van der Waals surface area contributed by atoms with Crippen molar-refractivity contribution in [2.45, 2.75) is 49.3 Å². The van der Waals surface area contributed by atoms with Gasteiger partial charge in [-0.25, -0.2) is 8.42 Å². The van der Waals surface area contributed by atoms with Crippen LogP contribution in [-0.2, 0) is 25.9 Å². The number of ether oxygens (including phenoxy) is 2. The molecule has 0 aliphatic carbocycles. The first-order valence-electron chi connectivity index (χ1n) is 12.8. The fourth-order valence-corrected chi connectivity index (χ4v) is 5.81. The molecule has 0 radical (unpaired) electrons. The predicted molar refractivity (Wildman–Crippen MR) is 151 cm³/mol. The molecule has 0 bridgehead atoms. The van der Waals surface area contributed by atoms with Crippen LogP contribution in [0.25, 0.3) is 11.1 Å². The summed E-state index contributed by atoms with van der Waals surface area (Å²) in [6.45, 7) is 5.22. The molecule has 0 saturated carbocycles. The van der Waals surface area contributed by atoms with Crippen LogP contribution < -0.4 is 5.56 Å². The normalized spacial score (nSPS) is 12.3. The smallest absolute Gasteiger partial charge is 0.296 e. The summed E-state index contributed by atoms with van der Waals surface area (Å²) in [5, 5.41) is 21.0. The fraction of sp³-hybridized carbons (Fsp3) is 0.267. The number of hydrogen-bond acceptors (Lipinski definition) is 9. The zero-order valence-electron chi connectivity index (χ0n) is 23.1.